The number of rotatable bonds is 2. The van der Waals surface area contributed by atoms with Gasteiger partial charge < -0.3 is 5.32 Å². The van der Waals surface area contributed by atoms with Crippen LogP contribution in [0.3, 0.4) is 0 Å². The highest BCUT2D eigenvalue weighted by Crippen LogP contribution is 2.30. The lowest BCUT2D eigenvalue weighted by Crippen LogP contribution is -1.92. The second-order valence-electron chi connectivity index (χ2n) is 4.16. The molecule has 0 unspecified atom stereocenters. The molecule has 0 saturated carbocycles. The van der Waals surface area contributed by atoms with Crippen molar-refractivity contribution in [3.8, 4) is 0 Å². The highest BCUT2D eigenvalue weighted by atomic mass is 35.5. The minimum absolute atomic E-state index is 0.614. The molecule has 19 heavy (non-hydrogen) atoms. The number of halogens is 2. The number of nitrogens with zero attached hydrogens (tertiary/aromatic N) is 2. The number of hydrogen-bond acceptors (Lipinski definition) is 3. The first-order valence-corrected chi connectivity index (χ1v) is 6.42. The van der Waals surface area contributed by atoms with Gasteiger partial charge in [-0.1, -0.05) is 29.3 Å². The van der Waals surface area contributed by atoms with Gasteiger partial charge in [-0.3, -0.25) is 5.10 Å². The van der Waals surface area contributed by atoms with Gasteiger partial charge in [-0.15, -0.1) is 0 Å². The van der Waals surface area contributed by atoms with E-state index in [9.17, 15) is 0 Å². The smallest absolute Gasteiger partial charge is 0.183 e. The molecule has 0 amide bonds. The zero-order valence-electron chi connectivity index (χ0n) is 10.0. The maximum absolute atomic E-state index is 6.09. The second kappa shape index (κ2) is 4.72. The molecule has 0 aliphatic carbocycles. The molecule has 96 valence electrons. The van der Waals surface area contributed by atoms with E-state index in [1.807, 2.05) is 31.2 Å². The molecule has 4 nitrogen and oxygen atoms in total. The summed E-state index contributed by atoms with van der Waals surface area (Å²) >= 11 is 12.1. The minimum Gasteiger partial charge on any atom is -0.340 e. The van der Waals surface area contributed by atoms with Gasteiger partial charge in [-0.05, 0) is 30.7 Å². The predicted octanol–water partition coefficient (Wildman–Crippen LogP) is 4.32. The van der Waals surface area contributed by atoms with Crippen LogP contribution >= 0.6 is 23.2 Å². The van der Waals surface area contributed by atoms with E-state index in [1.54, 1.807) is 6.20 Å². The summed E-state index contributed by atoms with van der Waals surface area (Å²) in [4.78, 5) is 4.18. The Labute approximate surface area is 119 Å². The summed E-state index contributed by atoms with van der Waals surface area (Å²) in [5, 5.41) is 12.5. The van der Waals surface area contributed by atoms with Gasteiger partial charge in [-0.2, -0.15) is 5.10 Å². The van der Waals surface area contributed by atoms with Gasteiger partial charge in [-0.25, -0.2) is 4.98 Å². The molecule has 2 aromatic heterocycles. The lowest BCUT2D eigenvalue weighted by Gasteiger charge is -2.06. The number of aromatic nitrogens is 3. The average molecular weight is 293 g/mol. The average Bonchev–Trinajstić information content (AvgIpc) is 2.78. The van der Waals surface area contributed by atoms with Crippen molar-refractivity contribution in [2.75, 3.05) is 5.32 Å². The van der Waals surface area contributed by atoms with Crippen molar-refractivity contribution in [2.45, 2.75) is 6.92 Å². The Morgan fingerprint density at radius 1 is 1.26 bits per heavy atom. The van der Waals surface area contributed by atoms with E-state index in [2.05, 4.69) is 20.5 Å². The Morgan fingerprint density at radius 3 is 2.89 bits per heavy atom. The van der Waals surface area contributed by atoms with Crippen LogP contribution in [0.5, 0.6) is 0 Å². The molecule has 2 heterocycles. The van der Waals surface area contributed by atoms with E-state index in [-0.39, 0.29) is 0 Å². The molecule has 0 fully saturated rings. The minimum atomic E-state index is 0.614. The summed E-state index contributed by atoms with van der Waals surface area (Å²) in [5.41, 5.74) is 2.44. The Balaban J connectivity index is 2.08. The molecule has 0 saturated heterocycles. The number of aromatic amines is 1. The Kier molecular flexibility index (Phi) is 3.05. The standard InChI is InChI=1S/C13H10Cl2N4/c1-7-10(15)6-16-12-11(7)13(19-18-12)17-9-4-2-3-8(14)5-9/h2-6H,1H3,(H2,16,17,18,19). The summed E-state index contributed by atoms with van der Waals surface area (Å²) in [6.07, 6.45) is 1.60. The molecule has 6 heteroatoms. The van der Waals surface area contributed by atoms with E-state index < -0.39 is 0 Å². The molecule has 2 N–H and O–H groups in total. The largest absolute Gasteiger partial charge is 0.340 e. The fourth-order valence-corrected chi connectivity index (χ4v) is 2.25. The van der Waals surface area contributed by atoms with E-state index in [0.717, 1.165) is 22.5 Å². The maximum Gasteiger partial charge on any atom is 0.183 e. The monoisotopic (exact) mass is 292 g/mol. The van der Waals surface area contributed by atoms with Crippen molar-refractivity contribution in [1.82, 2.24) is 15.2 Å². The highest BCUT2D eigenvalue weighted by molar-refractivity contribution is 6.32. The van der Waals surface area contributed by atoms with Crippen molar-refractivity contribution in [3.63, 3.8) is 0 Å². The molecule has 0 spiro atoms. The van der Waals surface area contributed by atoms with Crippen molar-refractivity contribution in [2.24, 2.45) is 0 Å². The lowest BCUT2D eigenvalue weighted by molar-refractivity contribution is 1.10. The lowest BCUT2D eigenvalue weighted by atomic mass is 10.2. The highest BCUT2D eigenvalue weighted by Gasteiger charge is 2.11. The van der Waals surface area contributed by atoms with Gasteiger partial charge in [0.2, 0.25) is 0 Å². The number of H-pyrrole nitrogens is 1. The second-order valence-corrected chi connectivity index (χ2v) is 5.01. The molecule has 0 radical (unpaired) electrons. The van der Waals surface area contributed by atoms with Gasteiger partial charge in [0.05, 0.1) is 10.4 Å². The normalized spacial score (nSPS) is 10.9. The Bertz CT molecular complexity index is 751. The number of benzene rings is 1. The van der Waals surface area contributed by atoms with Crippen LogP contribution in [-0.2, 0) is 0 Å². The first-order valence-electron chi connectivity index (χ1n) is 5.67. The molecular formula is C13H10Cl2N4. The van der Waals surface area contributed by atoms with Gasteiger partial charge in [0.15, 0.2) is 5.65 Å². The van der Waals surface area contributed by atoms with Crippen molar-refractivity contribution < 1.29 is 0 Å². The Morgan fingerprint density at radius 2 is 2.11 bits per heavy atom. The summed E-state index contributed by atoms with van der Waals surface area (Å²) in [7, 11) is 0. The SMILES string of the molecule is Cc1c(Cl)cnc2n[nH]c(Nc3cccc(Cl)c3)c12. The molecule has 0 aliphatic heterocycles. The van der Waals surface area contributed by atoms with Crippen molar-refractivity contribution >= 4 is 45.7 Å². The number of anilines is 2. The van der Waals surface area contributed by atoms with Gasteiger partial charge in [0.1, 0.15) is 5.82 Å². The van der Waals surface area contributed by atoms with Crippen LogP contribution in [-0.4, -0.2) is 15.2 Å². The zero-order chi connectivity index (χ0) is 13.4. The topological polar surface area (TPSA) is 53.6 Å². The van der Waals surface area contributed by atoms with E-state index in [0.29, 0.717) is 15.7 Å². The third-order valence-electron chi connectivity index (χ3n) is 2.87. The predicted molar refractivity (Wildman–Crippen MR) is 78.4 cm³/mol. The van der Waals surface area contributed by atoms with E-state index in [1.165, 1.54) is 0 Å². The number of nitrogens with one attached hydrogen (secondary N) is 2. The van der Waals surface area contributed by atoms with Crippen LogP contribution in [0.25, 0.3) is 11.0 Å². The first kappa shape index (κ1) is 12.3. The molecule has 3 aromatic rings. The van der Waals surface area contributed by atoms with Gasteiger partial charge >= 0.3 is 0 Å². The van der Waals surface area contributed by atoms with Crippen LogP contribution in [0.2, 0.25) is 10.0 Å². The fraction of sp³-hybridized carbons (Fsp3) is 0.0769. The van der Waals surface area contributed by atoms with Crippen molar-refractivity contribution in [3.05, 3.63) is 46.1 Å². The van der Waals surface area contributed by atoms with Crippen LogP contribution in [0.15, 0.2) is 30.5 Å². The summed E-state index contributed by atoms with van der Waals surface area (Å²) in [5.74, 6) is 0.754. The third kappa shape index (κ3) is 2.25. The van der Waals surface area contributed by atoms with Gasteiger partial charge in [0.25, 0.3) is 0 Å². The number of hydrogen-bond donors (Lipinski definition) is 2. The molecule has 0 aliphatic rings. The molecule has 0 bridgehead atoms. The third-order valence-corrected chi connectivity index (χ3v) is 3.49. The molecular weight excluding hydrogens is 283 g/mol. The number of fused-ring (bicyclic) bond motifs is 1. The molecule has 0 atom stereocenters. The fourth-order valence-electron chi connectivity index (χ4n) is 1.92. The van der Waals surface area contributed by atoms with Crippen LogP contribution < -0.4 is 5.32 Å². The number of pyridine rings is 1. The van der Waals surface area contributed by atoms with Crippen molar-refractivity contribution in [1.29, 1.82) is 0 Å². The van der Waals surface area contributed by atoms with E-state index >= 15 is 0 Å². The summed E-state index contributed by atoms with van der Waals surface area (Å²) in [6, 6.07) is 7.45. The zero-order valence-corrected chi connectivity index (χ0v) is 11.5. The van der Waals surface area contributed by atoms with Crippen LogP contribution in [0.4, 0.5) is 11.5 Å². The summed E-state index contributed by atoms with van der Waals surface area (Å²) < 4.78 is 0. The quantitative estimate of drug-likeness (QED) is 0.740. The van der Waals surface area contributed by atoms with E-state index in [4.69, 9.17) is 23.2 Å². The van der Waals surface area contributed by atoms with Crippen LogP contribution in [0.1, 0.15) is 5.56 Å². The number of aryl methyl sites for hydroxylation is 1. The van der Waals surface area contributed by atoms with Crippen LogP contribution in [0, 0.1) is 6.92 Å². The molecule has 3 rings (SSSR count). The Hall–Kier alpha value is -1.78. The molecule has 1 aromatic carbocycles. The maximum atomic E-state index is 6.09. The van der Waals surface area contributed by atoms with Gasteiger partial charge in [0, 0.05) is 16.9 Å². The summed E-state index contributed by atoms with van der Waals surface area (Å²) in [6.45, 7) is 1.94. The first-order chi connectivity index (χ1) is 9.15.